The minimum absolute atomic E-state index is 0.345. The number of rotatable bonds is 3. The lowest BCUT2D eigenvalue weighted by Crippen LogP contribution is -2.14. The number of carbonyl (C=O) groups is 1. The van der Waals surface area contributed by atoms with Crippen molar-refractivity contribution in [1.82, 2.24) is 14.4 Å². The Morgan fingerprint density at radius 2 is 1.76 bits per heavy atom. The summed E-state index contributed by atoms with van der Waals surface area (Å²) in [6, 6.07) is 16.7. The molecule has 0 aliphatic heterocycles. The number of fused-ring (bicyclic) bond motifs is 1. The number of halogens is 1. The summed E-state index contributed by atoms with van der Waals surface area (Å²) in [5.74, 6) is 0.266. The van der Waals surface area contributed by atoms with Gasteiger partial charge in [0.2, 0.25) is 5.78 Å². The first-order chi connectivity index (χ1) is 12.2. The fourth-order valence-corrected chi connectivity index (χ4v) is 2.59. The number of aromatic nitrogens is 3. The van der Waals surface area contributed by atoms with Gasteiger partial charge in [0, 0.05) is 23.5 Å². The van der Waals surface area contributed by atoms with E-state index in [-0.39, 0.29) is 11.7 Å². The Hall–Kier alpha value is -3.54. The van der Waals surface area contributed by atoms with Crippen molar-refractivity contribution in [2.75, 3.05) is 5.32 Å². The third-order valence-corrected chi connectivity index (χ3v) is 3.79. The molecule has 0 radical (unpaired) electrons. The van der Waals surface area contributed by atoms with Gasteiger partial charge in [0.15, 0.2) is 0 Å². The molecule has 1 amide bonds. The van der Waals surface area contributed by atoms with Crippen LogP contribution in [0, 0.1) is 5.82 Å². The van der Waals surface area contributed by atoms with Gasteiger partial charge in [0.1, 0.15) is 17.3 Å². The summed E-state index contributed by atoms with van der Waals surface area (Å²) in [7, 11) is 0. The van der Waals surface area contributed by atoms with Gasteiger partial charge in [-0.3, -0.25) is 9.20 Å². The molecule has 25 heavy (non-hydrogen) atoms. The van der Waals surface area contributed by atoms with Crippen LogP contribution in [0.25, 0.3) is 17.0 Å². The molecule has 0 atom stereocenters. The zero-order valence-electron chi connectivity index (χ0n) is 13.1. The number of hydrogen-bond donors (Lipinski definition) is 1. The zero-order chi connectivity index (χ0) is 17.2. The maximum Gasteiger partial charge on any atom is 0.256 e. The summed E-state index contributed by atoms with van der Waals surface area (Å²) in [6.45, 7) is 0. The van der Waals surface area contributed by atoms with Crippen LogP contribution in [0.1, 0.15) is 10.4 Å². The van der Waals surface area contributed by atoms with Crippen LogP contribution in [0.4, 0.5) is 10.2 Å². The number of imidazole rings is 1. The number of benzene rings is 2. The molecule has 0 aliphatic rings. The fourth-order valence-electron chi connectivity index (χ4n) is 2.59. The van der Waals surface area contributed by atoms with Crippen molar-refractivity contribution in [3.63, 3.8) is 0 Å². The molecule has 0 saturated carbocycles. The summed E-state index contributed by atoms with van der Waals surface area (Å²) in [5.41, 5.74) is 1.84. The Morgan fingerprint density at radius 3 is 2.52 bits per heavy atom. The molecule has 0 spiro atoms. The fraction of sp³-hybridized carbons (Fsp3) is 0. The van der Waals surface area contributed by atoms with Gasteiger partial charge in [-0.15, -0.1) is 0 Å². The monoisotopic (exact) mass is 332 g/mol. The Balaban J connectivity index is 1.80. The highest BCUT2D eigenvalue weighted by Gasteiger charge is 2.17. The Bertz CT molecular complexity index is 1040. The molecule has 0 unspecified atom stereocenters. The lowest BCUT2D eigenvalue weighted by molar-refractivity contribution is 0.102. The van der Waals surface area contributed by atoms with E-state index < -0.39 is 0 Å². The molecular formula is C19H13FN4O. The number of carbonyl (C=O) groups excluding carboxylic acids is 1. The molecule has 2 aromatic carbocycles. The predicted molar refractivity (Wildman–Crippen MR) is 92.8 cm³/mol. The highest BCUT2D eigenvalue weighted by molar-refractivity contribution is 6.05. The maximum absolute atomic E-state index is 13.1. The molecule has 4 rings (SSSR count). The van der Waals surface area contributed by atoms with Crippen molar-refractivity contribution in [2.24, 2.45) is 0 Å². The number of amides is 1. The molecular weight excluding hydrogens is 319 g/mol. The SMILES string of the molecule is O=C(Nc1c(-c2ccccc2)nc2ncccn12)c1ccc(F)cc1. The van der Waals surface area contributed by atoms with Gasteiger partial charge in [-0.1, -0.05) is 30.3 Å². The standard InChI is InChI=1S/C19H13FN4O/c20-15-9-7-14(8-10-15)18(25)23-17-16(13-5-2-1-3-6-13)22-19-21-11-4-12-24(17)19/h1-12H,(H,23,25). The van der Waals surface area contributed by atoms with Crippen molar-refractivity contribution in [2.45, 2.75) is 0 Å². The molecule has 0 aliphatic carbocycles. The van der Waals surface area contributed by atoms with E-state index in [0.717, 1.165) is 5.56 Å². The normalized spacial score (nSPS) is 10.8. The van der Waals surface area contributed by atoms with Crippen LogP contribution in [0.2, 0.25) is 0 Å². The van der Waals surface area contributed by atoms with E-state index in [1.54, 1.807) is 22.9 Å². The van der Waals surface area contributed by atoms with Crippen LogP contribution >= 0.6 is 0 Å². The van der Waals surface area contributed by atoms with Gasteiger partial charge in [0.05, 0.1) is 0 Å². The third kappa shape index (κ3) is 2.85. The van der Waals surface area contributed by atoms with Crippen molar-refractivity contribution < 1.29 is 9.18 Å². The second-order valence-corrected chi connectivity index (χ2v) is 5.43. The average Bonchev–Trinajstić information content (AvgIpc) is 3.02. The van der Waals surface area contributed by atoms with Crippen LogP contribution in [0.5, 0.6) is 0 Å². The number of nitrogens with one attached hydrogen (secondary N) is 1. The maximum atomic E-state index is 13.1. The van der Waals surface area contributed by atoms with E-state index in [1.807, 2.05) is 30.3 Å². The third-order valence-electron chi connectivity index (χ3n) is 3.79. The largest absolute Gasteiger partial charge is 0.306 e. The lowest BCUT2D eigenvalue weighted by atomic mass is 10.1. The van der Waals surface area contributed by atoms with Crippen LogP contribution in [0.3, 0.4) is 0 Å². The summed E-state index contributed by atoms with van der Waals surface area (Å²) < 4.78 is 14.8. The van der Waals surface area contributed by atoms with Crippen molar-refractivity contribution in [1.29, 1.82) is 0 Å². The van der Waals surface area contributed by atoms with Gasteiger partial charge in [-0.25, -0.2) is 14.4 Å². The van der Waals surface area contributed by atoms with Crippen LogP contribution in [-0.4, -0.2) is 20.3 Å². The zero-order valence-corrected chi connectivity index (χ0v) is 13.1. The first kappa shape index (κ1) is 15.0. The number of nitrogens with zero attached hydrogens (tertiary/aromatic N) is 3. The summed E-state index contributed by atoms with van der Waals surface area (Å²) in [5, 5.41) is 2.87. The topological polar surface area (TPSA) is 59.3 Å². The Labute approximate surface area is 142 Å². The second kappa shape index (κ2) is 6.16. The molecule has 2 aromatic heterocycles. The Morgan fingerprint density at radius 1 is 1.00 bits per heavy atom. The van der Waals surface area contributed by atoms with Crippen LogP contribution < -0.4 is 5.32 Å². The van der Waals surface area contributed by atoms with Crippen molar-refractivity contribution >= 4 is 17.5 Å². The molecule has 0 saturated heterocycles. The van der Waals surface area contributed by atoms with Crippen LogP contribution in [-0.2, 0) is 0 Å². The second-order valence-electron chi connectivity index (χ2n) is 5.43. The highest BCUT2D eigenvalue weighted by atomic mass is 19.1. The smallest absolute Gasteiger partial charge is 0.256 e. The number of hydrogen-bond acceptors (Lipinski definition) is 3. The van der Waals surface area contributed by atoms with Crippen molar-refractivity contribution in [3.8, 4) is 11.3 Å². The van der Waals surface area contributed by atoms with E-state index in [2.05, 4.69) is 15.3 Å². The van der Waals surface area contributed by atoms with E-state index in [0.29, 0.717) is 22.9 Å². The molecule has 6 heteroatoms. The quantitative estimate of drug-likeness (QED) is 0.621. The molecule has 0 bridgehead atoms. The number of anilines is 1. The first-order valence-corrected chi connectivity index (χ1v) is 7.68. The van der Waals surface area contributed by atoms with Gasteiger partial charge in [-0.2, -0.15) is 0 Å². The molecule has 122 valence electrons. The molecule has 1 N–H and O–H groups in total. The van der Waals surface area contributed by atoms with E-state index in [4.69, 9.17) is 0 Å². The summed E-state index contributed by atoms with van der Waals surface area (Å²) in [4.78, 5) is 21.3. The minimum atomic E-state index is -0.388. The summed E-state index contributed by atoms with van der Waals surface area (Å²) in [6.07, 6.45) is 3.42. The summed E-state index contributed by atoms with van der Waals surface area (Å²) >= 11 is 0. The minimum Gasteiger partial charge on any atom is -0.306 e. The molecule has 5 nitrogen and oxygen atoms in total. The lowest BCUT2D eigenvalue weighted by Gasteiger charge is -2.07. The van der Waals surface area contributed by atoms with E-state index in [9.17, 15) is 9.18 Å². The van der Waals surface area contributed by atoms with Gasteiger partial charge < -0.3 is 5.32 Å². The molecule has 0 fully saturated rings. The van der Waals surface area contributed by atoms with Crippen LogP contribution in [0.15, 0.2) is 73.1 Å². The van der Waals surface area contributed by atoms with Crippen molar-refractivity contribution in [3.05, 3.63) is 84.4 Å². The highest BCUT2D eigenvalue weighted by Crippen LogP contribution is 2.28. The van der Waals surface area contributed by atoms with Gasteiger partial charge in [-0.05, 0) is 30.3 Å². The van der Waals surface area contributed by atoms with E-state index >= 15 is 0 Å². The predicted octanol–water partition coefficient (Wildman–Crippen LogP) is 3.79. The Kier molecular flexibility index (Phi) is 3.70. The molecule has 4 aromatic rings. The van der Waals surface area contributed by atoms with E-state index in [1.165, 1.54) is 24.3 Å². The van der Waals surface area contributed by atoms with Gasteiger partial charge >= 0.3 is 0 Å². The average molecular weight is 332 g/mol. The van der Waals surface area contributed by atoms with Gasteiger partial charge in [0.25, 0.3) is 5.91 Å². The molecule has 2 heterocycles. The first-order valence-electron chi connectivity index (χ1n) is 7.68.